The van der Waals surface area contributed by atoms with Gasteiger partial charge in [-0.2, -0.15) is 0 Å². The Kier molecular flexibility index (Phi) is 6.69. The van der Waals surface area contributed by atoms with Crippen LogP contribution in [0.2, 0.25) is 0 Å². The predicted octanol–water partition coefficient (Wildman–Crippen LogP) is 6.52. The number of thiophene rings is 1. The second kappa shape index (κ2) is 10.2. The van der Waals surface area contributed by atoms with Crippen molar-refractivity contribution in [1.29, 1.82) is 0 Å². The van der Waals surface area contributed by atoms with E-state index in [1.165, 1.54) is 16.2 Å². The quantitative estimate of drug-likeness (QED) is 0.180. The molecule has 0 radical (unpaired) electrons. The van der Waals surface area contributed by atoms with E-state index in [4.69, 9.17) is 4.74 Å². The number of nitrogens with zero attached hydrogens (tertiary/aromatic N) is 1. The standard InChI is InChI=1S/C30H25NO4S/c1-2-20-10-12-22(13-11-20)28(32)26-27(25-9-6-18-36-25)31(30(34)29(26)33)23-14-16-24(17-15-23)35-19-21-7-4-3-5-8-21/h3-18,27,32H,2,19H2,1H3/b28-26-. The van der Waals surface area contributed by atoms with Gasteiger partial charge < -0.3 is 9.84 Å². The predicted molar refractivity (Wildman–Crippen MR) is 142 cm³/mol. The first-order valence-electron chi connectivity index (χ1n) is 11.8. The molecule has 1 aromatic heterocycles. The van der Waals surface area contributed by atoms with Crippen molar-refractivity contribution in [2.24, 2.45) is 0 Å². The van der Waals surface area contributed by atoms with Crippen molar-refractivity contribution in [1.82, 2.24) is 0 Å². The molecule has 3 aromatic carbocycles. The summed E-state index contributed by atoms with van der Waals surface area (Å²) in [6.45, 7) is 2.48. The molecule has 1 amide bonds. The Hall–Kier alpha value is -4.16. The third-order valence-corrected chi connectivity index (χ3v) is 7.18. The molecule has 0 saturated carbocycles. The van der Waals surface area contributed by atoms with Gasteiger partial charge in [0.1, 0.15) is 24.2 Å². The molecule has 5 nitrogen and oxygen atoms in total. The molecule has 1 aliphatic heterocycles. The second-order valence-electron chi connectivity index (χ2n) is 8.50. The first-order chi connectivity index (χ1) is 17.6. The van der Waals surface area contributed by atoms with Crippen LogP contribution < -0.4 is 9.64 Å². The Labute approximate surface area is 213 Å². The van der Waals surface area contributed by atoms with E-state index in [0.717, 1.165) is 22.4 Å². The van der Waals surface area contributed by atoms with Gasteiger partial charge in [-0.15, -0.1) is 11.3 Å². The van der Waals surface area contributed by atoms with Crippen LogP contribution in [0, 0.1) is 0 Å². The molecule has 0 spiro atoms. The van der Waals surface area contributed by atoms with Crippen LogP contribution in [0.15, 0.2) is 102 Å². The fourth-order valence-electron chi connectivity index (χ4n) is 4.31. The van der Waals surface area contributed by atoms with Crippen LogP contribution in [-0.4, -0.2) is 16.8 Å². The summed E-state index contributed by atoms with van der Waals surface area (Å²) in [5.74, 6) is -0.879. The van der Waals surface area contributed by atoms with Crippen molar-refractivity contribution >= 4 is 34.5 Å². The molecule has 4 aromatic rings. The summed E-state index contributed by atoms with van der Waals surface area (Å²) in [7, 11) is 0. The molecule has 36 heavy (non-hydrogen) atoms. The van der Waals surface area contributed by atoms with E-state index in [9.17, 15) is 14.7 Å². The fourth-order valence-corrected chi connectivity index (χ4v) is 5.14. The molecule has 1 unspecified atom stereocenters. The largest absolute Gasteiger partial charge is 0.507 e. The smallest absolute Gasteiger partial charge is 0.300 e. The van der Waals surface area contributed by atoms with Crippen LogP contribution in [0.1, 0.15) is 34.5 Å². The summed E-state index contributed by atoms with van der Waals surface area (Å²) in [6, 6.07) is 27.4. The van der Waals surface area contributed by atoms with Crippen molar-refractivity contribution in [2.75, 3.05) is 4.90 Å². The van der Waals surface area contributed by atoms with Gasteiger partial charge >= 0.3 is 0 Å². The Morgan fingerprint density at radius 3 is 2.25 bits per heavy atom. The van der Waals surface area contributed by atoms with Crippen LogP contribution in [0.3, 0.4) is 0 Å². The van der Waals surface area contributed by atoms with E-state index in [1.54, 1.807) is 36.4 Å². The van der Waals surface area contributed by atoms with Gasteiger partial charge in [0.25, 0.3) is 11.7 Å². The molecule has 2 heterocycles. The number of anilines is 1. The molecular weight excluding hydrogens is 470 g/mol. The molecule has 0 aliphatic carbocycles. The Bertz CT molecular complexity index is 1390. The van der Waals surface area contributed by atoms with Gasteiger partial charge in [-0.25, -0.2) is 0 Å². The molecule has 6 heteroatoms. The zero-order chi connectivity index (χ0) is 25.1. The first kappa shape index (κ1) is 23.6. The van der Waals surface area contributed by atoms with Crippen LogP contribution >= 0.6 is 11.3 Å². The lowest BCUT2D eigenvalue weighted by Gasteiger charge is -2.24. The highest BCUT2D eigenvalue weighted by Gasteiger charge is 2.47. The molecule has 1 fully saturated rings. The number of ketones is 1. The summed E-state index contributed by atoms with van der Waals surface area (Å²) in [4.78, 5) is 28.7. The monoisotopic (exact) mass is 495 g/mol. The van der Waals surface area contributed by atoms with E-state index in [1.807, 2.05) is 60.0 Å². The Morgan fingerprint density at radius 1 is 0.889 bits per heavy atom. The normalized spacial score (nSPS) is 16.9. The van der Waals surface area contributed by atoms with E-state index >= 15 is 0 Å². The minimum Gasteiger partial charge on any atom is -0.507 e. The third kappa shape index (κ3) is 4.55. The molecular formula is C30H25NO4S. The van der Waals surface area contributed by atoms with Crippen LogP contribution in [0.5, 0.6) is 5.75 Å². The number of hydrogen-bond acceptors (Lipinski definition) is 5. The summed E-state index contributed by atoms with van der Waals surface area (Å²) < 4.78 is 5.88. The lowest BCUT2D eigenvalue weighted by Crippen LogP contribution is -2.29. The zero-order valence-electron chi connectivity index (χ0n) is 19.8. The molecule has 5 rings (SSSR count). The number of amides is 1. The lowest BCUT2D eigenvalue weighted by atomic mass is 9.99. The maximum Gasteiger partial charge on any atom is 0.300 e. The topological polar surface area (TPSA) is 66.8 Å². The van der Waals surface area contributed by atoms with Crippen molar-refractivity contribution in [3.63, 3.8) is 0 Å². The van der Waals surface area contributed by atoms with E-state index < -0.39 is 17.7 Å². The first-order valence-corrected chi connectivity index (χ1v) is 12.6. The lowest BCUT2D eigenvalue weighted by molar-refractivity contribution is -0.132. The van der Waals surface area contributed by atoms with Crippen LogP contribution in [0.25, 0.3) is 5.76 Å². The minimum absolute atomic E-state index is 0.0936. The molecule has 180 valence electrons. The van der Waals surface area contributed by atoms with Gasteiger partial charge in [0, 0.05) is 16.1 Å². The maximum absolute atomic E-state index is 13.3. The van der Waals surface area contributed by atoms with E-state index in [2.05, 4.69) is 6.92 Å². The molecule has 1 saturated heterocycles. The van der Waals surface area contributed by atoms with Gasteiger partial charge in [0.15, 0.2) is 0 Å². The van der Waals surface area contributed by atoms with Gasteiger partial charge in [0.05, 0.1) is 5.57 Å². The minimum atomic E-state index is -0.716. The van der Waals surface area contributed by atoms with Gasteiger partial charge in [0.2, 0.25) is 0 Å². The number of Topliss-reactive ketones (excluding diaryl/α,β-unsaturated/α-hetero) is 1. The highest BCUT2D eigenvalue weighted by molar-refractivity contribution is 7.10. The maximum atomic E-state index is 13.3. The molecule has 1 atom stereocenters. The number of aryl methyl sites for hydroxylation is 1. The number of aliphatic hydroxyl groups excluding tert-OH is 1. The van der Waals surface area contributed by atoms with Gasteiger partial charge in [-0.05, 0) is 53.3 Å². The number of rotatable bonds is 7. The molecule has 1 N–H and O–H groups in total. The van der Waals surface area contributed by atoms with E-state index in [-0.39, 0.29) is 11.3 Å². The number of benzene rings is 3. The fraction of sp³-hybridized carbons (Fsp3) is 0.133. The van der Waals surface area contributed by atoms with Crippen molar-refractivity contribution in [3.05, 3.63) is 124 Å². The van der Waals surface area contributed by atoms with Gasteiger partial charge in [-0.1, -0.05) is 67.6 Å². The zero-order valence-corrected chi connectivity index (χ0v) is 20.6. The number of ether oxygens (including phenoxy) is 1. The number of carbonyl (C=O) groups excluding carboxylic acids is 2. The Morgan fingerprint density at radius 2 is 1.61 bits per heavy atom. The second-order valence-corrected chi connectivity index (χ2v) is 9.48. The van der Waals surface area contributed by atoms with Crippen LogP contribution in [-0.2, 0) is 22.6 Å². The summed E-state index contributed by atoms with van der Waals surface area (Å²) >= 11 is 1.44. The summed E-state index contributed by atoms with van der Waals surface area (Å²) in [5, 5.41) is 13.1. The van der Waals surface area contributed by atoms with Crippen LogP contribution in [0.4, 0.5) is 5.69 Å². The van der Waals surface area contributed by atoms with Crippen molar-refractivity contribution in [3.8, 4) is 5.75 Å². The number of aliphatic hydroxyl groups is 1. The number of carbonyl (C=O) groups is 2. The van der Waals surface area contributed by atoms with Gasteiger partial charge in [-0.3, -0.25) is 14.5 Å². The van der Waals surface area contributed by atoms with Crippen molar-refractivity contribution in [2.45, 2.75) is 26.0 Å². The average Bonchev–Trinajstić information content (AvgIpc) is 3.55. The average molecular weight is 496 g/mol. The summed E-state index contributed by atoms with van der Waals surface area (Å²) in [6.07, 6.45) is 0.867. The summed E-state index contributed by atoms with van der Waals surface area (Å²) in [5.41, 5.74) is 3.34. The SMILES string of the molecule is CCc1ccc(/C(O)=C2/C(=O)C(=O)N(c3ccc(OCc4ccccc4)cc3)C2c2cccs2)cc1. The van der Waals surface area contributed by atoms with Crippen molar-refractivity contribution < 1.29 is 19.4 Å². The van der Waals surface area contributed by atoms with E-state index in [0.29, 0.717) is 23.6 Å². The Balaban J connectivity index is 1.49. The highest BCUT2D eigenvalue weighted by atomic mass is 32.1. The molecule has 1 aliphatic rings. The third-order valence-electron chi connectivity index (χ3n) is 6.26. The highest BCUT2D eigenvalue weighted by Crippen LogP contribution is 2.43. The number of hydrogen-bond donors (Lipinski definition) is 1. The molecule has 0 bridgehead atoms.